The number of rotatable bonds is 5. The minimum atomic E-state index is -0.664. The summed E-state index contributed by atoms with van der Waals surface area (Å²) in [4.78, 5) is 11.4. The highest BCUT2D eigenvalue weighted by atomic mass is 16.8. The van der Waals surface area contributed by atoms with E-state index in [1.165, 1.54) is 12.0 Å². The van der Waals surface area contributed by atoms with E-state index in [1.54, 1.807) is 6.92 Å². The van der Waals surface area contributed by atoms with Crippen molar-refractivity contribution in [3.8, 4) is 0 Å². The van der Waals surface area contributed by atoms with Crippen molar-refractivity contribution in [2.75, 3.05) is 20.0 Å². The van der Waals surface area contributed by atoms with Gasteiger partial charge in [-0.25, -0.2) is 4.79 Å². The Kier molecular flexibility index (Phi) is 6.52. The third kappa shape index (κ3) is 3.80. The summed E-state index contributed by atoms with van der Waals surface area (Å²) in [7, 11) is 0. The summed E-state index contributed by atoms with van der Waals surface area (Å²) in [5, 5.41) is 12.4. The first-order valence-electron chi connectivity index (χ1n) is 13.4. The average Bonchev–Trinajstić information content (AvgIpc) is 3.11. The van der Waals surface area contributed by atoms with Gasteiger partial charge in [-0.15, -0.1) is 0 Å². The standard InChI is InChI=1S/C28H42O6/c1-4-32-25(29)34-18-33-21-9-12-26(2)20(16-21)7-8-24-23(26)10-13-27(3)22(11-14-28(24,27)30)19-6-5-15-31-17-19/h5-6,17,20-24,30H,4,7-16,18H2,1-3H3. The molecule has 0 aromatic rings. The topological polar surface area (TPSA) is 74.2 Å². The van der Waals surface area contributed by atoms with Gasteiger partial charge in [-0.2, -0.15) is 0 Å². The molecule has 0 saturated heterocycles. The third-order valence-electron chi connectivity index (χ3n) is 10.7. The minimum absolute atomic E-state index is 0.0352. The van der Waals surface area contributed by atoms with E-state index in [0.717, 1.165) is 51.4 Å². The quantitative estimate of drug-likeness (QED) is 0.404. The summed E-state index contributed by atoms with van der Waals surface area (Å²) in [5.74, 6) is 1.91. The van der Waals surface area contributed by atoms with Crippen LogP contribution in [0.25, 0.3) is 0 Å². The molecule has 190 valence electrons. The Morgan fingerprint density at radius 1 is 1.09 bits per heavy atom. The molecule has 4 saturated carbocycles. The van der Waals surface area contributed by atoms with Crippen molar-refractivity contribution in [2.24, 2.45) is 34.5 Å². The number of fused-ring (bicyclic) bond motifs is 5. The lowest BCUT2D eigenvalue weighted by Crippen LogP contribution is -2.62. The largest absolute Gasteiger partial charge is 0.510 e. The fourth-order valence-electron chi connectivity index (χ4n) is 8.83. The van der Waals surface area contributed by atoms with Gasteiger partial charge in [0.15, 0.2) is 6.79 Å². The van der Waals surface area contributed by atoms with Gasteiger partial charge in [0.25, 0.3) is 0 Å². The second-order valence-corrected chi connectivity index (χ2v) is 11.8. The Balaban J connectivity index is 1.26. The summed E-state index contributed by atoms with van der Waals surface area (Å²) in [6.07, 6.45) is 15.3. The van der Waals surface area contributed by atoms with Gasteiger partial charge >= 0.3 is 6.16 Å². The average molecular weight is 475 g/mol. The number of ether oxygens (including phenoxy) is 4. The third-order valence-corrected chi connectivity index (χ3v) is 10.7. The van der Waals surface area contributed by atoms with Crippen LogP contribution in [-0.2, 0) is 18.9 Å². The van der Waals surface area contributed by atoms with Gasteiger partial charge in [-0.1, -0.05) is 19.9 Å². The predicted octanol–water partition coefficient (Wildman–Crippen LogP) is 5.75. The lowest BCUT2D eigenvalue weighted by molar-refractivity contribution is -0.212. The molecule has 0 amide bonds. The highest BCUT2D eigenvalue weighted by Gasteiger charge is 2.67. The van der Waals surface area contributed by atoms with Gasteiger partial charge in [0.1, 0.15) is 6.61 Å². The van der Waals surface area contributed by atoms with Gasteiger partial charge in [-0.05, 0) is 105 Å². The number of aliphatic hydroxyl groups is 1. The lowest BCUT2D eigenvalue weighted by atomic mass is 9.43. The molecule has 0 aromatic heterocycles. The first-order chi connectivity index (χ1) is 16.3. The summed E-state index contributed by atoms with van der Waals surface area (Å²) in [6.45, 7) is 7.52. The summed E-state index contributed by atoms with van der Waals surface area (Å²) in [6, 6.07) is 0. The highest BCUT2D eigenvalue weighted by molar-refractivity contribution is 5.59. The molecule has 0 spiro atoms. The van der Waals surface area contributed by atoms with Crippen LogP contribution in [0.4, 0.5) is 4.79 Å². The first kappa shape index (κ1) is 24.2. The molecule has 5 aliphatic rings. The van der Waals surface area contributed by atoms with Gasteiger partial charge < -0.3 is 24.1 Å². The van der Waals surface area contributed by atoms with Crippen molar-refractivity contribution in [2.45, 2.75) is 90.3 Å². The van der Waals surface area contributed by atoms with Crippen LogP contribution >= 0.6 is 0 Å². The Labute approximate surface area is 204 Å². The van der Waals surface area contributed by atoms with Crippen molar-refractivity contribution in [1.82, 2.24) is 0 Å². The number of carbonyl (C=O) groups excluding carboxylic acids is 1. The number of carbonyl (C=O) groups is 1. The fraction of sp³-hybridized carbons (Fsp3) is 0.821. The molecule has 8 atom stereocenters. The van der Waals surface area contributed by atoms with E-state index in [1.807, 2.05) is 6.26 Å². The zero-order chi connectivity index (χ0) is 24.0. The molecule has 0 bridgehead atoms. The monoisotopic (exact) mass is 474 g/mol. The fourth-order valence-corrected chi connectivity index (χ4v) is 8.83. The highest BCUT2D eigenvalue weighted by Crippen LogP contribution is 2.70. The van der Waals surface area contributed by atoms with Crippen molar-refractivity contribution >= 4 is 6.16 Å². The van der Waals surface area contributed by atoms with Gasteiger partial charge in [0, 0.05) is 5.41 Å². The van der Waals surface area contributed by atoms with Gasteiger partial charge in [0.05, 0.1) is 24.6 Å². The van der Waals surface area contributed by atoms with E-state index in [-0.39, 0.29) is 23.7 Å². The maximum Gasteiger partial charge on any atom is 0.510 e. The molecule has 4 fully saturated rings. The Bertz CT molecular complexity index is 837. The Morgan fingerprint density at radius 2 is 1.94 bits per heavy atom. The Morgan fingerprint density at radius 3 is 2.71 bits per heavy atom. The first-order valence-corrected chi connectivity index (χ1v) is 13.4. The zero-order valence-corrected chi connectivity index (χ0v) is 21.1. The zero-order valence-electron chi connectivity index (χ0n) is 21.1. The number of hydrogen-bond donors (Lipinski definition) is 1. The molecule has 1 heterocycles. The van der Waals surface area contributed by atoms with E-state index < -0.39 is 11.8 Å². The molecule has 5 rings (SSSR count). The van der Waals surface area contributed by atoms with Crippen LogP contribution in [0.3, 0.4) is 0 Å². The van der Waals surface area contributed by atoms with E-state index in [9.17, 15) is 9.90 Å². The van der Waals surface area contributed by atoms with Crippen molar-refractivity contribution in [3.05, 3.63) is 24.0 Å². The van der Waals surface area contributed by atoms with Gasteiger partial charge in [-0.3, -0.25) is 0 Å². The molecule has 0 aromatic carbocycles. The van der Waals surface area contributed by atoms with Crippen LogP contribution < -0.4 is 0 Å². The summed E-state index contributed by atoms with van der Waals surface area (Å²) >= 11 is 0. The normalized spacial score (nSPS) is 45.3. The molecule has 8 unspecified atom stereocenters. The summed E-state index contributed by atoms with van der Waals surface area (Å²) in [5.41, 5.74) is 0.832. The molecule has 0 radical (unpaired) electrons. The number of hydrogen-bond acceptors (Lipinski definition) is 6. The van der Waals surface area contributed by atoms with Crippen molar-refractivity contribution in [3.63, 3.8) is 0 Å². The SMILES string of the molecule is CCOC(=O)OCOC1CCC2(C)C(CCC3C2CCC2(C)C(C4=COCC=C4)CCC32O)C1. The minimum Gasteiger partial charge on any atom is -0.497 e. The van der Waals surface area contributed by atoms with Crippen molar-refractivity contribution in [1.29, 1.82) is 0 Å². The van der Waals surface area contributed by atoms with E-state index >= 15 is 0 Å². The molecule has 6 heteroatoms. The maximum absolute atomic E-state index is 12.4. The van der Waals surface area contributed by atoms with E-state index in [4.69, 9.17) is 18.9 Å². The van der Waals surface area contributed by atoms with Crippen LogP contribution in [0.1, 0.15) is 78.6 Å². The molecular formula is C28H42O6. The van der Waals surface area contributed by atoms with E-state index in [0.29, 0.717) is 36.9 Å². The molecular weight excluding hydrogens is 432 g/mol. The van der Waals surface area contributed by atoms with Crippen LogP contribution in [0.15, 0.2) is 24.0 Å². The molecule has 34 heavy (non-hydrogen) atoms. The van der Waals surface area contributed by atoms with Crippen LogP contribution in [0, 0.1) is 34.5 Å². The number of allylic oxidation sites excluding steroid dienone is 2. The molecule has 4 aliphatic carbocycles. The second-order valence-electron chi connectivity index (χ2n) is 11.8. The van der Waals surface area contributed by atoms with Crippen LogP contribution in [-0.4, -0.2) is 43.0 Å². The molecule has 1 aliphatic heterocycles. The maximum atomic E-state index is 12.4. The van der Waals surface area contributed by atoms with E-state index in [2.05, 4.69) is 26.0 Å². The van der Waals surface area contributed by atoms with Crippen LogP contribution in [0.2, 0.25) is 0 Å². The lowest BCUT2D eigenvalue weighted by Gasteiger charge is -2.63. The molecule has 6 nitrogen and oxygen atoms in total. The predicted molar refractivity (Wildman–Crippen MR) is 128 cm³/mol. The summed E-state index contributed by atoms with van der Waals surface area (Å²) < 4.78 is 21.4. The van der Waals surface area contributed by atoms with Crippen molar-refractivity contribution < 1.29 is 28.8 Å². The Hall–Kier alpha value is -1.53. The smallest absolute Gasteiger partial charge is 0.497 e. The van der Waals surface area contributed by atoms with Gasteiger partial charge in [0.2, 0.25) is 0 Å². The molecule has 1 N–H and O–H groups in total. The van der Waals surface area contributed by atoms with Crippen LogP contribution in [0.5, 0.6) is 0 Å². The second kappa shape index (κ2) is 9.16.